The van der Waals surface area contributed by atoms with E-state index in [0.717, 1.165) is 10.0 Å². The molecule has 0 fully saturated rings. The standard InChI is InChI=1S/C11H10BrClN2O/c1-7-2-3-8(6-9(7)12)11-14-10(4-5-13)16-15-11/h2-3,6H,4-5H2,1H3. The molecule has 0 bridgehead atoms. The van der Waals surface area contributed by atoms with Gasteiger partial charge in [0.1, 0.15) is 0 Å². The van der Waals surface area contributed by atoms with E-state index in [9.17, 15) is 0 Å². The van der Waals surface area contributed by atoms with Crippen molar-refractivity contribution in [1.29, 1.82) is 0 Å². The molecule has 84 valence electrons. The van der Waals surface area contributed by atoms with Gasteiger partial charge in [0, 0.05) is 22.3 Å². The molecule has 0 aliphatic carbocycles. The molecule has 2 rings (SSSR count). The third kappa shape index (κ3) is 2.44. The fraction of sp³-hybridized carbons (Fsp3) is 0.273. The number of aryl methyl sites for hydroxylation is 2. The van der Waals surface area contributed by atoms with Crippen molar-refractivity contribution >= 4 is 27.5 Å². The summed E-state index contributed by atoms with van der Waals surface area (Å²) in [4.78, 5) is 4.26. The van der Waals surface area contributed by atoms with E-state index >= 15 is 0 Å². The summed E-state index contributed by atoms with van der Waals surface area (Å²) in [5, 5.41) is 3.91. The average molecular weight is 302 g/mol. The quantitative estimate of drug-likeness (QED) is 0.813. The minimum absolute atomic E-state index is 0.485. The van der Waals surface area contributed by atoms with E-state index in [0.29, 0.717) is 24.0 Å². The molecule has 0 spiro atoms. The second kappa shape index (κ2) is 4.97. The van der Waals surface area contributed by atoms with Crippen LogP contribution in [0.4, 0.5) is 0 Å². The summed E-state index contributed by atoms with van der Waals surface area (Å²) in [6, 6.07) is 5.96. The van der Waals surface area contributed by atoms with Crippen LogP contribution in [0.2, 0.25) is 0 Å². The molecule has 0 N–H and O–H groups in total. The van der Waals surface area contributed by atoms with Gasteiger partial charge in [0.05, 0.1) is 0 Å². The molecule has 0 saturated carbocycles. The second-order valence-corrected chi connectivity index (χ2v) is 4.65. The van der Waals surface area contributed by atoms with Crippen LogP contribution in [0.5, 0.6) is 0 Å². The van der Waals surface area contributed by atoms with Crippen LogP contribution < -0.4 is 0 Å². The number of halogens is 2. The van der Waals surface area contributed by atoms with Crippen molar-refractivity contribution in [1.82, 2.24) is 10.1 Å². The van der Waals surface area contributed by atoms with Gasteiger partial charge in [-0.15, -0.1) is 11.6 Å². The average Bonchev–Trinajstić information content (AvgIpc) is 2.71. The van der Waals surface area contributed by atoms with Crippen molar-refractivity contribution in [3.63, 3.8) is 0 Å². The first-order chi connectivity index (χ1) is 7.70. The first-order valence-electron chi connectivity index (χ1n) is 4.86. The van der Waals surface area contributed by atoms with Crippen LogP contribution in [-0.4, -0.2) is 16.0 Å². The highest BCUT2D eigenvalue weighted by molar-refractivity contribution is 9.10. The summed E-state index contributed by atoms with van der Waals surface area (Å²) in [7, 11) is 0. The Kier molecular flexibility index (Phi) is 3.61. The minimum Gasteiger partial charge on any atom is -0.339 e. The monoisotopic (exact) mass is 300 g/mol. The third-order valence-corrected chi connectivity index (χ3v) is 3.25. The molecule has 0 saturated heterocycles. The van der Waals surface area contributed by atoms with E-state index < -0.39 is 0 Å². The maximum Gasteiger partial charge on any atom is 0.228 e. The van der Waals surface area contributed by atoms with Crippen molar-refractivity contribution in [3.8, 4) is 11.4 Å². The van der Waals surface area contributed by atoms with Gasteiger partial charge >= 0.3 is 0 Å². The van der Waals surface area contributed by atoms with E-state index in [1.54, 1.807) is 0 Å². The number of hydrogen-bond donors (Lipinski definition) is 0. The normalized spacial score (nSPS) is 10.7. The summed E-state index contributed by atoms with van der Waals surface area (Å²) in [6.07, 6.45) is 0.599. The Hall–Kier alpha value is -0.870. The van der Waals surface area contributed by atoms with Gasteiger partial charge in [0.2, 0.25) is 11.7 Å². The molecule has 2 aromatic rings. The maximum atomic E-state index is 5.60. The Morgan fingerprint density at radius 1 is 1.44 bits per heavy atom. The smallest absolute Gasteiger partial charge is 0.228 e. The number of alkyl halides is 1. The summed E-state index contributed by atoms with van der Waals surface area (Å²) in [5.74, 6) is 1.65. The number of hydrogen-bond acceptors (Lipinski definition) is 3. The molecule has 16 heavy (non-hydrogen) atoms. The fourth-order valence-electron chi connectivity index (χ4n) is 1.29. The highest BCUT2D eigenvalue weighted by Gasteiger charge is 2.08. The summed E-state index contributed by atoms with van der Waals surface area (Å²) < 4.78 is 6.10. The summed E-state index contributed by atoms with van der Waals surface area (Å²) >= 11 is 9.08. The molecule has 0 atom stereocenters. The van der Waals surface area contributed by atoms with Crippen LogP contribution in [0.15, 0.2) is 27.2 Å². The predicted octanol–water partition coefficient (Wildman–Crippen LogP) is 3.59. The van der Waals surface area contributed by atoms with E-state index in [1.807, 2.05) is 25.1 Å². The predicted molar refractivity (Wildman–Crippen MR) is 66.6 cm³/mol. The Balaban J connectivity index is 2.31. The van der Waals surface area contributed by atoms with Gasteiger partial charge in [-0.2, -0.15) is 4.98 Å². The van der Waals surface area contributed by atoms with Gasteiger partial charge in [-0.1, -0.05) is 33.2 Å². The van der Waals surface area contributed by atoms with Gasteiger partial charge in [0.15, 0.2) is 0 Å². The molecule has 0 radical (unpaired) electrons. The Morgan fingerprint density at radius 3 is 2.94 bits per heavy atom. The third-order valence-electron chi connectivity index (χ3n) is 2.21. The molecule has 0 aliphatic heterocycles. The van der Waals surface area contributed by atoms with Crippen molar-refractivity contribution in [2.24, 2.45) is 0 Å². The van der Waals surface area contributed by atoms with Gasteiger partial charge in [0.25, 0.3) is 0 Å². The lowest BCUT2D eigenvalue weighted by atomic mass is 10.1. The van der Waals surface area contributed by atoms with Gasteiger partial charge in [-0.05, 0) is 18.6 Å². The number of benzene rings is 1. The minimum atomic E-state index is 0.485. The van der Waals surface area contributed by atoms with Crippen molar-refractivity contribution < 1.29 is 4.52 Å². The zero-order valence-electron chi connectivity index (χ0n) is 8.70. The molecule has 0 aliphatic rings. The van der Waals surface area contributed by atoms with Crippen LogP contribution in [0.25, 0.3) is 11.4 Å². The summed E-state index contributed by atoms with van der Waals surface area (Å²) in [5.41, 5.74) is 2.11. The van der Waals surface area contributed by atoms with Crippen molar-refractivity contribution in [2.75, 3.05) is 5.88 Å². The number of rotatable bonds is 3. The highest BCUT2D eigenvalue weighted by atomic mass is 79.9. The maximum absolute atomic E-state index is 5.60. The van der Waals surface area contributed by atoms with Crippen LogP contribution in [0.3, 0.4) is 0 Å². The van der Waals surface area contributed by atoms with Gasteiger partial charge in [-0.3, -0.25) is 0 Å². The van der Waals surface area contributed by atoms with E-state index in [4.69, 9.17) is 16.1 Å². The number of aromatic nitrogens is 2. The highest BCUT2D eigenvalue weighted by Crippen LogP contribution is 2.23. The van der Waals surface area contributed by atoms with Crippen molar-refractivity contribution in [2.45, 2.75) is 13.3 Å². The molecular formula is C11H10BrClN2O. The Labute approximate surface area is 107 Å². The van der Waals surface area contributed by atoms with E-state index in [-0.39, 0.29) is 0 Å². The Morgan fingerprint density at radius 2 is 2.25 bits per heavy atom. The fourth-order valence-corrected chi connectivity index (χ4v) is 1.83. The molecule has 1 heterocycles. The van der Waals surface area contributed by atoms with Crippen LogP contribution in [0.1, 0.15) is 11.5 Å². The van der Waals surface area contributed by atoms with Crippen LogP contribution in [-0.2, 0) is 6.42 Å². The first-order valence-corrected chi connectivity index (χ1v) is 6.18. The van der Waals surface area contributed by atoms with Crippen molar-refractivity contribution in [3.05, 3.63) is 34.1 Å². The number of nitrogens with zero attached hydrogens (tertiary/aromatic N) is 2. The zero-order chi connectivity index (χ0) is 11.5. The molecule has 1 aromatic carbocycles. The lowest BCUT2D eigenvalue weighted by Gasteiger charge is -1.99. The molecule has 0 amide bonds. The molecule has 5 heteroatoms. The second-order valence-electron chi connectivity index (χ2n) is 3.41. The molecule has 1 aromatic heterocycles. The van der Waals surface area contributed by atoms with E-state index in [2.05, 4.69) is 26.1 Å². The van der Waals surface area contributed by atoms with Crippen LogP contribution >= 0.6 is 27.5 Å². The lowest BCUT2D eigenvalue weighted by molar-refractivity contribution is 0.383. The largest absolute Gasteiger partial charge is 0.339 e. The SMILES string of the molecule is Cc1ccc(-c2noc(CCCl)n2)cc1Br. The van der Waals surface area contributed by atoms with E-state index in [1.165, 1.54) is 5.56 Å². The first kappa shape index (κ1) is 11.6. The van der Waals surface area contributed by atoms with Gasteiger partial charge < -0.3 is 4.52 Å². The zero-order valence-corrected chi connectivity index (χ0v) is 11.0. The Bertz CT molecular complexity index is 498. The lowest BCUT2D eigenvalue weighted by Crippen LogP contribution is -1.86. The molecule has 3 nitrogen and oxygen atoms in total. The topological polar surface area (TPSA) is 38.9 Å². The summed E-state index contributed by atoms with van der Waals surface area (Å²) in [6.45, 7) is 2.03. The van der Waals surface area contributed by atoms with Crippen LogP contribution in [0, 0.1) is 6.92 Å². The molecular weight excluding hydrogens is 291 g/mol. The molecule has 0 unspecified atom stereocenters. The van der Waals surface area contributed by atoms with Gasteiger partial charge in [-0.25, -0.2) is 0 Å².